The highest BCUT2D eigenvalue weighted by Crippen LogP contribution is 2.21. The second-order valence-electron chi connectivity index (χ2n) is 4.49. The quantitative estimate of drug-likeness (QED) is 0.860. The number of anilines is 1. The number of ether oxygens (including phenoxy) is 1. The predicted molar refractivity (Wildman–Crippen MR) is 73.2 cm³/mol. The SMILES string of the molecule is COC(=O)c1ccc(NCCn2cc(C)cn2)c(F)c1F. The number of hydrogen-bond acceptors (Lipinski definition) is 4. The maximum Gasteiger partial charge on any atom is 0.340 e. The fourth-order valence-electron chi connectivity index (χ4n) is 1.85. The number of hydrogen-bond donors (Lipinski definition) is 1. The molecule has 0 aliphatic carbocycles. The molecular formula is C14H15F2N3O2. The molecule has 7 heteroatoms. The van der Waals surface area contributed by atoms with Crippen LogP contribution in [-0.4, -0.2) is 29.4 Å². The minimum Gasteiger partial charge on any atom is -0.465 e. The Balaban J connectivity index is 2.04. The molecule has 21 heavy (non-hydrogen) atoms. The Labute approximate surface area is 120 Å². The number of benzene rings is 1. The largest absolute Gasteiger partial charge is 0.465 e. The van der Waals surface area contributed by atoms with E-state index in [0.29, 0.717) is 13.1 Å². The van der Waals surface area contributed by atoms with E-state index in [-0.39, 0.29) is 5.69 Å². The molecule has 0 atom stereocenters. The van der Waals surface area contributed by atoms with Crippen molar-refractivity contribution in [2.24, 2.45) is 0 Å². The van der Waals surface area contributed by atoms with E-state index in [0.717, 1.165) is 12.7 Å². The van der Waals surface area contributed by atoms with Crippen molar-refractivity contribution in [2.45, 2.75) is 13.5 Å². The second kappa shape index (κ2) is 6.34. The fourth-order valence-corrected chi connectivity index (χ4v) is 1.85. The van der Waals surface area contributed by atoms with Gasteiger partial charge in [-0.25, -0.2) is 13.6 Å². The van der Waals surface area contributed by atoms with Gasteiger partial charge in [-0.15, -0.1) is 0 Å². The van der Waals surface area contributed by atoms with Gasteiger partial charge in [-0.1, -0.05) is 0 Å². The van der Waals surface area contributed by atoms with Gasteiger partial charge in [0.05, 0.1) is 31.1 Å². The molecule has 0 bridgehead atoms. The van der Waals surface area contributed by atoms with Crippen LogP contribution in [0.3, 0.4) is 0 Å². The molecule has 0 unspecified atom stereocenters. The lowest BCUT2D eigenvalue weighted by Gasteiger charge is -2.10. The number of aromatic nitrogens is 2. The third kappa shape index (κ3) is 3.36. The average Bonchev–Trinajstić information content (AvgIpc) is 2.88. The molecule has 0 radical (unpaired) electrons. The summed E-state index contributed by atoms with van der Waals surface area (Å²) in [6.45, 7) is 2.79. The van der Waals surface area contributed by atoms with Crippen molar-refractivity contribution in [1.29, 1.82) is 0 Å². The van der Waals surface area contributed by atoms with Gasteiger partial charge in [0.15, 0.2) is 11.6 Å². The first-order valence-corrected chi connectivity index (χ1v) is 6.32. The van der Waals surface area contributed by atoms with E-state index in [1.165, 1.54) is 12.1 Å². The van der Waals surface area contributed by atoms with Gasteiger partial charge in [-0.3, -0.25) is 4.68 Å². The Morgan fingerprint density at radius 2 is 2.14 bits per heavy atom. The molecule has 2 rings (SSSR count). The zero-order chi connectivity index (χ0) is 15.4. The molecule has 5 nitrogen and oxygen atoms in total. The van der Waals surface area contributed by atoms with Gasteiger partial charge in [0.1, 0.15) is 0 Å². The van der Waals surface area contributed by atoms with Gasteiger partial charge in [0.2, 0.25) is 0 Å². The smallest absolute Gasteiger partial charge is 0.340 e. The number of nitrogens with one attached hydrogen (secondary N) is 1. The standard InChI is InChI=1S/C14H15F2N3O2/c1-9-7-18-19(8-9)6-5-17-11-4-3-10(14(20)21-2)12(15)13(11)16/h3-4,7-8,17H,5-6H2,1-2H3. The third-order valence-corrected chi connectivity index (χ3v) is 2.91. The molecule has 0 saturated carbocycles. The van der Waals surface area contributed by atoms with E-state index in [1.807, 2.05) is 13.1 Å². The molecule has 0 spiro atoms. The molecule has 0 amide bonds. The van der Waals surface area contributed by atoms with Crippen LogP contribution in [0.5, 0.6) is 0 Å². The molecule has 1 heterocycles. The average molecular weight is 295 g/mol. The van der Waals surface area contributed by atoms with E-state index >= 15 is 0 Å². The van der Waals surface area contributed by atoms with Crippen molar-refractivity contribution in [1.82, 2.24) is 9.78 Å². The second-order valence-corrected chi connectivity index (χ2v) is 4.49. The van der Waals surface area contributed by atoms with Crippen LogP contribution < -0.4 is 5.32 Å². The summed E-state index contributed by atoms with van der Waals surface area (Å²) >= 11 is 0. The zero-order valence-corrected chi connectivity index (χ0v) is 11.7. The number of halogens is 2. The van der Waals surface area contributed by atoms with Crippen molar-refractivity contribution < 1.29 is 18.3 Å². The van der Waals surface area contributed by atoms with E-state index in [9.17, 15) is 13.6 Å². The molecule has 112 valence electrons. The Hall–Kier alpha value is -2.44. The van der Waals surface area contributed by atoms with Crippen LogP contribution in [-0.2, 0) is 11.3 Å². The van der Waals surface area contributed by atoms with Crippen LogP contribution in [0, 0.1) is 18.6 Å². The van der Waals surface area contributed by atoms with Crippen LogP contribution in [0.1, 0.15) is 15.9 Å². The highest BCUT2D eigenvalue weighted by molar-refractivity contribution is 5.90. The minimum atomic E-state index is -1.22. The summed E-state index contributed by atoms with van der Waals surface area (Å²) in [5.74, 6) is -3.23. The highest BCUT2D eigenvalue weighted by Gasteiger charge is 2.18. The molecular weight excluding hydrogens is 280 g/mol. The van der Waals surface area contributed by atoms with Crippen LogP contribution in [0.4, 0.5) is 14.5 Å². The summed E-state index contributed by atoms with van der Waals surface area (Å²) < 4.78 is 33.6. The van der Waals surface area contributed by atoms with Gasteiger partial charge in [-0.05, 0) is 24.6 Å². The first-order valence-electron chi connectivity index (χ1n) is 6.32. The lowest BCUT2D eigenvalue weighted by molar-refractivity contribution is 0.0594. The number of aryl methyl sites for hydroxylation is 1. The van der Waals surface area contributed by atoms with Crippen molar-refractivity contribution in [2.75, 3.05) is 19.0 Å². The number of carbonyl (C=O) groups is 1. The van der Waals surface area contributed by atoms with E-state index in [1.54, 1.807) is 10.9 Å². The van der Waals surface area contributed by atoms with Crippen molar-refractivity contribution in [3.63, 3.8) is 0 Å². The van der Waals surface area contributed by atoms with Crippen molar-refractivity contribution in [3.8, 4) is 0 Å². The highest BCUT2D eigenvalue weighted by atomic mass is 19.2. The van der Waals surface area contributed by atoms with Crippen LogP contribution in [0.15, 0.2) is 24.5 Å². The molecule has 0 aliphatic rings. The fraction of sp³-hybridized carbons (Fsp3) is 0.286. The first kappa shape index (κ1) is 15.0. The molecule has 1 N–H and O–H groups in total. The molecule has 0 aliphatic heterocycles. The maximum absolute atomic E-state index is 13.8. The third-order valence-electron chi connectivity index (χ3n) is 2.91. The number of rotatable bonds is 5. The number of esters is 1. The first-order chi connectivity index (χ1) is 10.0. The molecule has 0 saturated heterocycles. The maximum atomic E-state index is 13.8. The van der Waals surface area contributed by atoms with E-state index in [4.69, 9.17) is 0 Å². The van der Waals surface area contributed by atoms with Gasteiger partial charge in [-0.2, -0.15) is 5.10 Å². The van der Waals surface area contributed by atoms with E-state index < -0.39 is 23.2 Å². The van der Waals surface area contributed by atoms with Crippen LogP contribution in [0.25, 0.3) is 0 Å². The predicted octanol–water partition coefficient (Wildman–Crippen LogP) is 2.37. The zero-order valence-electron chi connectivity index (χ0n) is 11.7. The Morgan fingerprint density at radius 1 is 1.38 bits per heavy atom. The number of carbonyl (C=O) groups excluding carboxylic acids is 1. The Morgan fingerprint density at radius 3 is 2.76 bits per heavy atom. The van der Waals surface area contributed by atoms with Gasteiger partial charge in [0.25, 0.3) is 0 Å². The summed E-state index contributed by atoms with van der Waals surface area (Å²) in [6, 6.07) is 2.49. The Kier molecular flexibility index (Phi) is 4.52. The summed E-state index contributed by atoms with van der Waals surface area (Å²) in [5, 5.41) is 6.85. The molecule has 1 aromatic carbocycles. The summed E-state index contributed by atoms with van der Waals surface area (Å²) in [5.41, 5.74) is 0.585. The monoisotopic (exact) mass is 295 g/mol. The summed E-state index contributed by atoms with van der Waals surface area (Å²) in [7, 11) is 1.11. The lowest BCUT2D eigenvalue weighted by atomic mass is 10.2. The van der Waals surface area contributed by atoms with Gasteiger partial charge < -0.3 is 10.1 Å². The molecule has 0 fully saturated rings. The summed E-state index contributed by atoms with van der Waals surface area (Å²) in [4.78, 5) is 11.2. The number of nitrogens with zero attached hydrogens (tertiary/aromatic N) is 2. The lowest BCUT2D eigenvalue weighted by Crippen LogP contribution is -2.13. The van der Waals surface area contributed by atoms with Gasteiger partial charge >= 0.3 is 5.97 Å². The molecule has 1 aromatic heterocycles. The van der Waals surface area contributed by atoms with E-state index in [2.05, 4.69) is 15.2 Å². The summed E-state index contributed by atoms with van der Waals surface area (Å²) in [6.07, 6.45) is 3.56. The topological polar surface area (TPSA) is 56.1 Å². The van der Waals surface area contributed by atoms with Crippen molar-refractivity contribution in [3.05, 3.63) is 47.3 Å². The van der Waals surface area contributed by atoms with Crippen LogP contribution >= 0.6 is 0 Å². The van der Waals surface area contributed by atoms with Crippen LogP contribution in [0.2, 0.25) is 0 Å². The number of methoxy groups -OCH3 is 1. The molecule has 2 aromatic rings. The van der Waals surface area contributed by atoms with Crippen molar-refractivity contribution >= 4 is 11.7 Å². The minimum absolute atomic E-state index is 0.0102. The van der Waals surface area contributed by atoms with Gasteiger partial charge in [0, 0.05) is 12.7 Å². The normalized spacial score (nSPS) is 10.5. The Bertz CT molecular complexity index is 656.